The molecule has 126 valence electrons. The van der Waals surface area contributed by atoms with Crippen LogP contribution < -0.4 is 10.1 Å². The molecule has 0 aliphatic carbocycles. The molecule has 2 aromatic rings. The van der Waals surface area contributed by atoms with Crippen molar-refractivity contribution in [1.29, 1.82) is 0 Å². The van der Waals surface area contributed by atoms with Gasteiger partial charge in [-0.25, -0.2) is 0 Å². The van der Waals surface area contributed by atoms with Crippen molar-refractivity contribution in [3.63, 3.8) is 0 Å². The molecule has 0 heterocycles. The van der Waals surface area contributed by atoms with Crippen molar-refractivity contribution >= 4 is 17.3 Å². The van der Waals surface area contributed by atoms with Crippen LogP contribution in [0.5, 0.6) is 5.75 Å². The Morgan fingerprint density at radius 2 is 1.83 bits per heavy atom. The average molecular weight is 328 g/mol. The fourth-order valence-electron chi connectivity index (χ4n) is 2.27. The molecule has 1 amide bonds. The summed E-state index contributed by atoms with van der Waals surface area (Å²) in [7, 11) is 0. The van der Waals surface area contributed by atoms with Gasteiger partial charge in [0.1, 0.15) is 5.75 Å². The predicted octanol–water partition coefficient (Wildman–Crippen LogP) is 3.93. The Bertz CT molecular complexity index is 787. The summed E-state index contributed by atoms with van der Waals surface area (Å²) in [6, 6.07) is 10.1. The Morgan fingerprint density at radius 1 is 1.12 bits per heavy atom. The van der Waals surface area contributed by atoms with E-state index >= 15 is 0 Å². The number of ether oxygens (including phenoxy) is 1. The molecule has 1 N–H and O–H groups in total. The van der Waals surface area contributed by atoms with Crippen LogP contribution in [0.3, 0.4) is 0 Å². The van der Waals surface area contributed by atoms with Crippen LogP contribution in [0, 0.1) is 30.9 Å². The third kappa shape index (κ3) is 4.10. The minimum atomic E-state index is -0.731. The van der Waals surface area contributed by atoms with Gasteiger partial charge in [-0.1, -0.05) is 23.8 Å². The lowest BCUT2D eigenvalue weighted by Crippen LogP contribution is -2.30. The van der Waals surface area contributed by atoms with Crippen molar-refractivity contribution in [3.05, 3.63) is 63.2 Å². The van der Waals surface area contributed by atoms with Gasteiger partial charge in [-0.05, 0) is 44.9 Å². The van der Waals surface area contributed by atoms with Crippen LogP contribution in [0.2, 0.25) is 0 Å². The highest BCUT2D eigenvalue weighted by Gasteiger charge is 2.18. The number of anilines is 1. The van der Waals surface area contributed by atoms with Crippen LogP contribution in [0.15, 0.2) is 36.4 Å². The summed E-state index contributed by atoms with van der Waals surface area (Å²) in [5.74, 6) is 0.276. The average Bonchev–Trinajstić information content (AvgIpc) is 2.51. The number of nitrogens with zero attached hydrogens (tertiary/aromatic N) is 1. The summed E-state index contributed by atoms with van der Waals surface area (Å²) in [5.41, 5.74) is 3.14. The second-order valence-corrected chi connectivity index (χ2v) is 5.77. The monoisotopic (exact) mass is 328 g/mol. The number of carbonyl (C=O) groups is 1. The van der Waals surface area contributed by atoms with Crippen LogP contribution in [0.4, 0.5) is 11.4 Å². The number of rotatable bonds is 5. The third-order valence-corrected chi connectivity index (χ3v) is 3.69. The molecule has 0 radical (unpaired) electrons. The van der Waals surface area contributed by atoms with Crippen molar-refractivity contribution in [2.45, 2.75) is 33.8 Å². The molecule has 1 unspecified atom stereocenters. The van der Waals surface area contributed by atoms with Gasteiger partial charge >= 0.3 is 0 Å². The molecule has 0 saturated heterocycles. The second kappa shape index (κ2) is 7.12. The van der Waals surface area contributed by atoms with E-state index < -0.39 is 11.0 Å². The van der Waals surface area contributed by atoms with Crippen molar-refractivity contribution in [2.24, 2.45) is 0 Å². The minimum absolute atomic E-state index is 0.0705. The maximum absolute atomic E-state index is 12.3. The lowest BCUT2D eigenvalue weighted by molar-refractivity contribution is -0.384. The zero-order valence-electron chi connectivity index (χ0n) is 14.1. The van der Waals surface area contributed by atoms with Crippen molar-refractivity contribution < 1.29 is 14.5 Å². The fourth-order valence-corrected chi connectivity index (χ4v) is 2.27. The van der Waals surface area contributed by atoms with Gasteiger partial charge in [0.25, 0.3) is 11.6 Å². The van der Waals surface area contributed by atoms with E-state index in [0.717, 1.165) is 16.7 Å². The number of nitro groups is 1. The van der Waals surface area contributed by atoms with Gasteiger partial charge in [0.05, 0.1) is 10.6 Å². The van der Waals surface area contributed by atoms with E-state index in [1.807, 2.05) is 32.0 Å². The van der Waals surface area contributed by atoms with Gasteiger partial charge < -0.3 is 10.1 Å². The fraction of sp³-hybridized carbons (Fsp3) is 0.278. The maximum atomic E-state index is 12.3. The third-order valence-electron chi connectivity index (χ3n) is 3.69. The van der Waals surface area contributed by atoms with E-state index in [0.29, 0.717) is 11.4 Å². The Hall–Kier alpha value is -2.89. The summed E-state index contributed by atoms with van der Waals surface area (Å²) in [6.07, 6.45) is -0.731. The predicted molar refractivity (Wildman–Crippen MR) is 92.5 cm³/mol. The molecular formula is C18H20N2O4. The minimum Gasteiger partial charge on any atom is -0.481 e. The first-order valence-electron chi connectivity index (χ1n) is 7.57. The molecule has 0 bridgehead atoms. The Kier molecular flexibility index (Phi) is 5.18. The number of hydrogen-bond donors (Lipinski definition) is 1. The van der Waals surface area contributed by atoms with Crippen LogP contribution in [0.25, 0.3) is 0 Å². The Labute approximate surface area is 140 Å². The molecule has 0 aromatic heterocycles. The van der Waals surface area contributed by atoms with Gasteiger partial charge in [-0.2, -0.15) is 0 Å². The topological polar surface area (TPSA) is 81.5 Å². The number of nitrogens with one attached hydrogen (secondary N) is 1. The number of benzene rings is 2. The number of carbonyl (C=O) groups excluding carboxylic acids is 1. The SMILES string of the molecule is Cc1ccc(OC(C)C(=O)Nc2cc([N+](=O)[O-])ccc2C)c(C)c1. The normalized spacial score (nSPS) is 11.7. The van der Waals surface area contributed by atoms with Gasteiger partial charge in [0.15, 0.2) is 6.10 Å². The van der Waals surface area contributed by atoms with Gasteiger partial charge in [0.2, 0.25) is 0 Å². The van der Waals surface area contributed by atoms with Gasteiger partial charge in [-0.3, -0.25) is 14.9 Å². The molecule has 0 aliphatic rings. The molecule has 2 rings (SSSR count). The van der Waals surface area contributed by atoms with Crippen molar-refractivity contribution in [2.75, 3.05) is 5.32 Å². The first kappa shape index (κ1) is 17.5. The molecule has 1 atom stereocenters. The number of aryl methyl sites for hydroxylation is 3. The molecule has 6 heteroatoms. The lowest BCUT2D eigenvalue weighted by Gasteiger charge is -2.17. The number of non-ortho nitro benzene ring substituents is 1. The number of hydrogen-bond acceptors (Lipinski definition) is 4. The smallest absolute Gasteiger partial charge is 0.271 e. The van der Waals surface area contributed by atoms with Gasteiger partial charge in [0, 0.05) is 12.1 Å². The largest absolute Gasteiger partial charge is 0.481 e. The molecule has 24 heavy (non-hydrogen) atoms. The summed E-state index contributed by atoms with van der Waals surface area (Å²) in [5, 5.41) is 13.5. The van der Waals surface area contributed by atoms with E-state index in [9.17, 15) is 14.9 Å². The van der Waals surface area contributed by atoms with E-state index in [2.05, 4.69) is 5.32 Å². The zero-order chi connectivity index (χ0) is 17.9. The van der Waals surface area contributed by atoms with E-state index in [-0.39, 0.29) is 11.6 Å². The van der Waals surface area contributed by atoms with E-state index in [1.165, 1.54) is 12.1 Å². The molecule has 0 spiro atoms. The van der Waals surface area contributed by atoms with Crippen LogP contribution in [0.1, 0.15) is 23.6 Å². The summed E-state index contributed by atoms with van der Waals surface area (Å²) < 4.78 is 5.71. The van der Waals surface area contributed by atoms with E-state index in [4.69, 9.17) is 4.74 Å². The summed E-state index contributed by atoms with van der Waals surface area (Å²) in [4.78, 5) is 22.7. The highest BCUT2D eigenvalue weighted by atomic mass is 16.6. The highest BCUT2D eigenvalue weighted by Crippen LogP contribution is 2.23. The first-order valence-corrected chi connectivity index (χ1v) is 7.57. The quantitative estimate of drug-likeness (QED) is 0.666. The Morgan fingerprint density at radius 3 is 2.46 bits per heavy atom. The number of amides is 1. The zero-order valence-corrected chi connectivity index (χ0v) is 14.1. The van der Waals surface area contributed by atoms with Crippen molar-refractivity contribution in [3.8, 4) is 5.75 Å². The van der Waals surface area contributed by atoms with Crippen molar-refractivity contribution in [1.82, 2.24) is 0 Å². The summed E-state index contributed by atoms with van der Waals surface area (Å²) in [6.45, 7) is 7.31. The second-order valence-electron chi connectivity index (χ2n) is 5.77. The Balaban J connectivity index is 2.11. The first-order chi connectivity index (χ1) is 11.3. The standard InChI is InChI=1S/C18H20N2O4/c1-11-5-8-17(13(3)9-11)24-14(4)18(21)19-16-10-15(20(22)23)7-6-12(16)2/h5-10,14H,1-4H3,(H,19,21). The highest BCUT2D eigenvalue weighted by molar-refractivity contribution is 5.95. The molecule has 0 aliphatic heterocycles. The lowest BCUT2D eigenvalue weighted by atomic mass is 10.1. The maximum Gasteiger partial charge on any atom is 0.271 e. The molecule has 6 nitrogen and oxygen atoms in total. The van der Waals surface area contributed by atoms with Crippen LogP contribution >= 0.6 is 0 Å². The van der Waals surface area contributed by atoms with Crippen LogP contribution in [-0.2, 0) is 4.79 Å². The molecule has 0 saturated carbocycles. The number of nitro benzene ring substituents is 1. The van der Waals surface area contributed by atoms with E-state index in [1.54, 1.807) is 19.9 Å². The van der Waals surface area contributed by atoms with Gasteiger partial charge in [-0.15, -0.1) is 0 Å². The molecule has 0 fully saturated rings. The summed E-state index contributed by atoms with van der Waals surface area (Å²) >= 11 is 0. The molecule has 2 aromatic carbocycles. The van der Waals surface area contributed by atoms with Crippen LogP contribution in [-0.4, -0.2) is 16.9 Å². The molecular weight excluding hydrogens is 308 g/mol.